The molecule has 1 aliphatic rings. The Labute approximate surface area is 80.4 Å². The molecule has 0 bridgehead atoms. The van der Waals surface area contributed by atoms with Crippen LogP contribution in [0.2, 0.25) is 0 Å². The molecule has 0 aliphatic carbocycles. The van der Waals surface area contributed by atoms with Crippen molar-refractivity contribution >= 4 is 11.8 Å². The number of ether oxygens (including phenoxy) is 2. The van der Waals surface area contributed by atoms with Gasteiger partial charge in [-0.25, -0.2) is 0 Å². The van der Waals surface area contributed by atoms with E-state index in [-0.39, 0.29) is 12.2 Å². The van der Waals surface area contributed by atoms with Gasteiger partial charge in [-0.15, -0.1) is 0 Å². The molecule has 14 heavy (non-hydrogen) atoms. The lowest BCUT2D eigenvalue weighted by Gasteiger charge is -2.14. The van der Waals surface area contributed by atoms with E-state index in [0.29, 0.717) is 17.1 Å². The van der Waals surface area contributed by atoms with Crippen LogP contribution in [-0.2, 0) is 4.79 Å². The number of carbonyl (C=O) groups is 2. The third-order valence-electron chi connectivity index (χ3n) is 2.02. The molecule has 0 amide bonds. The molecule has 4 nitrogen and oxygen atoms in total. The van der Waals surface area contributed by atoms with Gasteiger partial charge in [0.25, 0.3) is 0 Å². The summed E-state index contributed by atoms with van der Waals surface area (Å²) in [5.74, 6) is 0.157. The van der Waals surface area contributed by atoms with Gasteiger partial charge < -0.3 is 9.47 Å². The van der Waals surface area contributed by atoms with E-state index < -0.39 is 5.97 Å². The van der Waals surface area contributed by atoms with Gasteiger partial charge in [0.1, 0.15) is 17.9 Å². The Bertz CT molecular complexity index is 409. The molecule has 0 N–H and O–H groups in total. The highest BCUT2D eigenvalue weighted by atomic mass is 16.5. The number of benzene rings is 1. The summed E-state index contributed by atoms with van der Waals surface area (Å²) in [4.78, 5) is 22.3. The lowest BCUT2D eigenvalue weighted by molar-refractivity contribution is -0.133. The number of hydrogen-bond acceptors (Lipinski definition) is 4. The van der Waals surface area contributed by atoms with Crippen LogP contribution in [0.25, 0.3) is 0 Å². The SMILES string of the molecule is COc1ccc2c(c1)C(=O)CC(=O)O2. The molecule has 0 atom stereocenters. The summed E-state index contributed by atoms with van der Waals surface area (Å²) in [6.07, 6.45) is -0.194. The Morgan fingerprint density at radius 1 is 1.36 bits per heavy atom. The molecule has 1 aromatic carbocycles. The fourth-order valence-corrected chi connectivity index (χ4v) is 1.33. The molecule has 2 rings (SSSR count). The van der Waals surface area contributed by atoms with E-state index in [9.17, 15) is 9.59 Å². The van der Waals surface area contributed by atoms with Gasteiger partial charge in [0.15, 0.2) is 5.78 Å². The molecule has 1 aromatic rings. The minimum absolute atomic E-state index is 0.194. The monoisotopic (exact) mass is 192 g/mol. The number of hydrogen-bond donors (Lipinski definition) is 0. The number of fused-ring (bicyclic) bond motifs is 1. The summed E-state index contributed by atoms with van der Waals surface area (Å²) in [5, 5.41) is 0. The normalized spacial score (nSPS) is 14.6. The maximum atomic E-state index is 11.4. The average Bonchev–Trinajstić information content (AvgIpc) is 2.17. The van der Waals surface area contributed by atoms with Crippen LogP contribution in [0.3, 0.4) is 0 Å². The van der Waals surface area contributed by atoms with E-state index in [1.165, 1.54) is 7.11 Å². The minimum Gasteiger partial charge on any atom is -0.497 e. The van der Waals surface area contributed by atoms with E-state index >= 15 is 0 Å². The molecule has 0 saturated heterocycles. The summed E-state index contributed by atoms with van der Waals surface area (Å²) in [6, 6.07) is 4.78. The fraction of sp³-hybridized carbons (Fsp3) is 0.200. The van der Waals surface area contributed by atoms with E-state index in [4.69, 9.17) is 9.47 Å². The molecule has 0 aromatic heterocycles. The van der Waals surface area contributed by atoms with Crippen molar-refractivity contribution in [3.05, 3.63) is 23.8 Å². The Morgan fingerprint density at radius 3 is 2.86 bits per heavy atom. The largest absolute Gasteiger partial charge is 0.497 e. The van der Waals surface area contributed by atoms with Crippen molar-refractivity contribution in [1.82, 2.24) is 0 Å². The van der Waals surface area contributed by atoms with Gasteiger partial charge in [-0.2, -0.15) is 0 Å². The highest BCUT2D eigenvalue weighted by Crippen LogP contribution is 2.28. The topological polar surface area (TPSA) is 52.6 Å². The van der Waals surface area contributed by atoms with Crippen molar-refractivity contribution in [2.45, 2.75) is 6.42 Å². The maximum absolute atomic E-state index is 11.4. The molecular weight excluding hydrogens is 184 g/mol. The second-order valence-electron chi connectivity index (χ2n) is 2.94. The van der Waals surface area contributed by atoms with Crippen LogP contribution in [0.4, 0.5) is 0 Å². The Morgan fingerprint density at radius 2 is 2.14 bits per heavy atom. The molecule has 0 saturated carbocycles. The average molecular weight is 192 g/mol. The second kappa shape index (κ2) is 3.14. The van der Waals surface area contributed by atoms with Crippen LogP contribution in [0.1, 0.15) is 16.8 Å². The van der Waals surface area contributed by atoms with Crippen LogP contribution in [0, 0.1) is 0 Å². The molecule has 1 heterocycles. The molecule has 0 spiro atoms. The van der Waals surface area contributed by atoms with E-state index in [2.05, 4.69) is 0 Å². The number of ketones is 1. The van der Waals surface area contributed by atoms with Crippen molar-refractivity contribution in [2.24, 2.45) is 0 Å². The summed E-state index contributed by atoms with van der Waals surface area (Å²) in [7, 11) is 1.51. The van der Waals surface area contributed by atoms with Gasteiger partial charge >= 0.3 is 5.97 Å². The van der Waals surface area contributed by atoms with Gasteiger partial charge in [0.2, 0.25) is 0 Å². The van der Waals surface area contributed by atoms with Gasteiger partial charge in [-0.1, -0.05) is 0 Å². The summed E-state index contributed by atoms with van der Waals surface area (Å²) in [5.41, 5.74) is 0.406. The number of rotatable bonds is 1. The molecule has 0 fully saturated rings. The first-order valence-electron chi connectivity index (χ1n) is 4.12. The van der Waals surface area contributed by atoms with Gasteiger partial charge in [0.05, 0.1) is 12.7 Å². The zero-order valence-electron chi connectivity index (χ0n) is 7.57. The number of esters is 1. The van der Waals surface area contributed by atoms with Crippen LogP contribution in [-0.4, -0.2) is 18.9 Å². The molecule has 0 unspecified atom stereocenters. The standard InChI is InChI=1S/C10H8O4/c1-13-6-2-3-9-7(4-6)8(11)5-10(12)14-9/h2-4H,5H2,1H3. The lowest BCUT2D eigenvalue weighted by atomic mass is 10.0. The molecule has 4 heteroatoms. The van der Waals surface area contributed by atoms with Crippen molar-refractivity contribution in [3.8, 4) is 11.5 Å². The van der Waals surface area contributed by atoms with Crippen LogP contribution >= 0.6 is 0 Å². The number of carbonyl (C=O) groups excluding carboxylic acids is 2. The van der Waals surface area contributed by atoms with E-state index in [1.54, 1.807) is 18.2 Å². The van der Waals surface area contributed by atoms with Gasteiger partial charge in [-0.3, -0.25) is 9.59 Å². The van der Waals surface area contributed by atoms with E-state index in [1.807, 2.05) is 0 Å². The predicted octanol–water partition coefficient (Wildman–Crippen LogP) is 1.19. The fourth-order valence-electron chi connectivity index (χ4n) is 1.33. The van der Waals surface area contributed by atoms with Crippen molar-refractivity contribution in [2.75, 3.05) is 7.11 Å². The second-order valence-corrected chi connectivity index (χ2v) is 2.94. The van der Waals surface area contributed by atoms with E-state index in [0.717, 1.165) is 0 Å². The van der Waals surface area contributed by atoms with Gasteiger partial charge in [0, 0.05) is 0 Å². The van der Waals surface area contributed by atoms with Gasteiger partial charge in [-0.05, 0) is 18.2 Å². The van der Waals surface area contributed by atoms with Crippen molar-refractivity contribution < 1.29 is 19.1 Å². The zero-order valence-corrected chi connectivity index (χ0v) is 7.57. The Hall–Kier alpha value is -1.84. The smallest absolute Gasteiger partial charge is 0.319 e. The minimum atomic E-state index is -0.507. The summed E-state index contributed by atoms with van der Waals surface area (Å²) < 4.78 is 9.85. The quantitative estimate of drug-likeness (QED) is 0.381. The molecule has 1 aliphatic heterocycles. The lowest BCUT2D eigenvalue weighted by Crippen LogP contribution is -2.21. The number of methoxy groups -OCH3 is 1. The van der Waals surface area contributed by atoms with Crippen molar-refractivity contribution in [3.63, 3.8) is 0 Å². The molecule has 72 valence electrons. The van der Waals surface area contributed by atoms with Crippen LogP contribution < -0.4 is 9.47 Å². The Kier molecular flexibility index (Phi) is 1.96. The molecular formula is C10H8O4. The van der Waals surface area contributed by atoms with Crippen LogP contribution in [0.15, 0.2) is 18.2 Å². The zero-order chi connectivity index (χ0) is 10.1. The third-order valence-corrected chi connectivity index (χ3v) is 2.02. The van der Waals surface area contributed by atoms with Crippen LogP contribution in [0.5, 0.6) is 11.5 Å². The first kappa shape index (κ1) is 8.74. The molecule has 0 radical (unpaired) electrons. The maximum Gasteiger partial charge on any atom is 0.319 e. The van der Waals surface area contributed by atoms with Crippen molar-refractivity contribution in [1.29, 1.82) is 0 Å². The Balaban J connectivity index is 2.49. The third kappa shape index (κ3) is 1.35. The first-order chi connectivity index (χ1) is 6.70. The predicted molar refractivity (Wildman–Crippen MR) is 47.6 cm³/mol. The first-order valence-corrected chi connectivity index (χ1v) is 4.12. The summed E-state index contributed by atoms with van der Waals surface area (Å²) >= 11 is 0. The number of Topliss-reactive ketones (excluding diaryl/α,β-unsaturated/α-hetero) is 1. The summed E-state index contributed by atoms with van der Waals surface area (Å²) in [6.45, 7) is 0. The highest BCUT2D eigenvalue weighted by Gasteiger charge is 2.24. The highest BCUT2D eigenvalue weighted by molar-refractivity contribution is 6.11.